The molecule has 0 aromatic heterocycles. The van der Waals surface area contributed by atoms with Crippen molar-refractivity contribution in [1.29, 1.82) is 0 Å². The van der Waals surface area contributed by atoms with Crippen LogP contribution in [0.25, 0.3) is 0 Å². The molecule has 8 amide bonds. The van der Waals surface area contributed by atoms with Gasteiger partial charge in [-0.2, -0.15) is 38.4 Å². The molecule has 5 unspecified atom stereocenters. The number of urea groups is 3. The summed E-state index contributed by atoms with van der Waals surface area (Å²) in [6.45, 7) is 26.3. The summed E-state index contributed by atoms with van der Waals surface area (Å²) in [6.07, 6.45) is 6.87. The number of anilines is 1. The van der Waals surface area contributed by atoms with E-state index in [4.69, 9.17) is 122 Å². The quantitative estimate of drug-likeness (QED) is 0.0324. The first-order chi connectivity index (χ1) is 60.9. The Morgan fingerprint density at radius 2 is 0.765 bits per heavy atom. The molecular weight excluding hydrogens is 1800 g/mol. The Morgan fingerprint density at radius 1 is 0.402 bits per heavy atom. The first-order valence-corrected chi connectivity index (χ1v) is 44.6. The molecule has 0 saturated heterocycles. The van der Waals surface area contributed by atoms with Crippen LogP contribution in [-0.2, 0) is 111 Å². The minimum Gasteiger partial charge on any atom is -0.481 e. The minimum absolute atomic E-state index is 0.0253. The molecular formula is C78H140N14O38P2. The molecule has 0 radical (unpaired) electrons. The average Bonchev–Trinajstić information content (AvgIpc) is 0.912. The number of benzene rings is 1. The number of carbonyl (C=O) groups excluding carboxylic acids is 13. The van der Waals surface area contributed by atoms with Crippen molar-refractivity contribution in [3.05, 3.63) is 29.8 Å². The monoisotopic (exact) mass is 1940 g/mol. The molecule has 760 valence electrons. The van der Waals surface area contributed by atoms with Crippen molar-refractivity contribution in [1.82, 2.24) is 47.9 Å². The van der Waals surface area contributed by atoms with Gasteiger partial charge >= 0.3 is 110 Å². The van der Waals surface area contributed by atoms with Crippen LogP contribution in [0, 0.1) is 11.8 Å². The molecule has 0 aliphatic carbocycles. The average molecular weight is 1940 g/mol. The smallest absolute Gasteiger partial charge is 0.373 e. The van der Waals surface area contributed by atoms with E-state index < -0.39 is 135 Å². The maximum atomic E-state index is 11.8. The maximum absolute atomic E-state index is 11.8. The number of aliphatic carboxylic acids is 10. The van der Waals surface area contributed by atoms with Crippen molar-refractivity contribution in [2.75, 3.05) is 63.1 Å². The number of hydrogen-bond acceptors (Lipinski definition) is 31. The van der Waals surface area contributed by atoms with Crippen LogP contribution in [0.2, 0.25) is 0 Å². The summed E-state index contributed by atoms with van der Waals surface area (Å²) >= 11 is 0. The first kappa shape index (κ1) is 141. The standard InChI is InChI=1S/C18H27N3O5.C15H31N3O3.2C9H16N2O5.C9H20NO4P.C8H17N3O3.C6H13O5P.4CO2/c1-18(2,3)21-13-6-4-12(5-7-13)10-11-19-17(26)20-14(16(24)25)8-9-15(22)23;1-12(8-9-13(19)20)18-14(21)16-10-6-5-7-11-17-15(2,3)4;1-5(2-3-8(13)14)11-7(12)4-6(10)9(15)16;1-5(2-3-7(12)13)11-9(16)6(10)4-8(14)15;1-2-4-8(9(11)12)7-15(13,14)6-3-5-10;1-6(2-3-7(12)13)11-8(14)10-5-4-9;1-2-3-5(6(7)8)4-12(9,10)11;4*2-1-3/h4-7,14,21H,8-11H2,1-3H3,(H,22,23)(H,24,25)(H2,19,20,26);12,17H,5-11H2,1-4H3,(H,19,20)(H2,16,18,21);5-6H,2-4,10H2,1H3,(H,11,12)(H,13,14)(H,15,16);5-6H,2-4,10H2,1H3,(H,11,16)(H,12,13)(H,14,15);8H,2-7,10H2,1H3,(H,11,12)(H,13,14);6H,2-5,9H2,1H3,(H,12,13)(H2,10,11,14);5H,2-4H2,1H3,(H,7,8)(H2,9,10,11);;;;/t14-;12-;2*5?,6-;;6-;;;;;/m0100.1...../s1. The van der Waals surface area contributed by atoms with Gasteiger partial charge in [-0.3, -0.25) is 61.9 Å². The second kappa shape index (κ2) is 87.1. The van der Waals surface area contributed by atoms with Gasteiger partial charge in [-0.1, -0.05) is 45.2 Å². The third kappa shape index (κ3) is 116. The zero-order valence-corrected chi connectivity index (χ0v) is 78.2. The number of nitrogens with one attached hydrogen (secondary N) is 10. The van der Waals surface area contributed by atoms with Crippen LogP contribution in [0.4, 0.5) is 20.1 Å². The van der Waals surface area contributed by atoms with Gasteiger partial charge in [-0.05, 0) is 171 Å². The third-order valence-corrected chi connectivity index (χ3v) is 18.4. The lowest BCUT2D eigenvalue weighted by Crippen LogP contribution is -2.46. The van der Waals surface area contributed by atoms with E-state index in [-0.39, 0.29) is 136 Å². The number of carbonyl (C=O) groups is 15. The van der Waals surface area contributed by atoms with Crippen molar-refractivity contribution in [2.24, 2.45) is 34.8 Å². The molecule has 0 heterocycles. The van der Waals surface area contributed by atoms with Gasteiger partial charge in [0.05, 0.1) is 36.9 Å². The van der Waals surface area contributed by atoms with Crippen molar-refractivity contribution in [3.63, 3.8) is 0 Å². The van der Waals surface area contributed by atoms with Gasteiger partial charge in [0.25, 0.3) is 0 Å². The van der Waals surface area contributed by atoms with Gasteiger partial charge in [0.1, 0.15) is 12.1 Å². The van der Waals surface area contributed by atoms with E-state index in [1.165, 1.54) is 0 Å². The lowest BCUT2D eigenvalue weighted by Gasteiger charge is -2.22. The van der Waals surface area contributed by atoms with Gasteiger partial charge in [0.2, 0.25) is 19.2 Å². The molecule has 1 aromatic carbocycles. The van der Waals surface area contributed by atoms with Crippen molar-refractivity contribution in [3.8, 4) is 0 Å². The summed E-state index contributed by atoms with van der Waals surface area (Å²) in [4.78, 5) is 253. The zero-order chi connectivity index (χ0) is 105. The van der Waals surface area contributed by atoms with E-state index in [0.29, 0.717) is 90.5 Å². The van der Waals surface area contributed by atoms with Crippen molar-refractivity contribution >= 4 is 135 Å². The molecule has 52 nitrogen and oxygen atoms in total. The Hall–Kier alpha value is -11.9. The van der Waals surface area contributed by atoms with Crippen molar-refractivity contribution in [2.45, 2.75) is 271 Å². The van der Waals surface area contributed by atoms with Gasteiger partial charge in [0, 0.05) is 112 Å². The number of amides is 8. The number of nitrogens with two attached hydrogens (primary N) is 4. The van der Waals surface area contributed by atoms with Crippen LogP contribution in [0.15, 0.2) is 24.3 Å². The molecule has 0 aliphatic rings. The van der Waals surface area contributed by atoms with Gasteiger partial charge in [-0.15, -0.1) is 0 Å². The van der Waals surface area contributed by atoms with E-state index in [1.807, 2.05) is 31.2 Å². The maximum Gasteiger partial charge on any atom is 0.373 e. The molecule has 0 fully saturated rings. The van der Waals surface area contributed by atoms with E-state index >= 15 is 0 Å². The number of carboxylic acid groups (broad SMARTS) is 10. The molecule has 132 heavy (non-hydrogen) atoms. The molecule has 0 bridgehead atoms. The first-order valence-electron chi connectivity index (χ1n) is 40.7. The summed E-state index contributed by atoms with van der Waals surface area (Å²) < 4.78 is 22.1. The van der Waals surface area contributed by atoms with Crippen molar-refractivity contribution < 1.29 is 185 Å². The zero-order valence-electron chi connectivity index (χ0n) is 76.4. The molecule has 0 saturated carbocycles. The molecule has 1 aromatic rings. The fourth-order valence-corrected chi connectivity index (χ4v) is 12.1. The molecule has 1 rings (SSSR count). The highest BCUT2D eigenvalue weighted by molar-refractivity contribution is 7.58. The van der Waals surface area contributed by atoms with E-state index in [1.54, 1.807) is 34.6 Å². The predicted molar refractivity (Wildman–Crippen MR) is 466 cm³/mol. The summed E-state index contributed by atoms with van der Waals surface area (Å²) in [5.41, 5.74) is 23.1. The lowest BCUT2D eigenvalue weighted by molar-refractivity contribution is -0.193. The van der Waals surface area contributed by atoms with E-state index in [2.05, 4.69) is 94.7 Å². The molecule has 10 atom stereocenters. The van der Waals surface area contributed by atoms with Crippen LogP contribution in [0.1, 0.15) is 217 Å². The Labute approximate surface area is 764 Å². The largest absolute Gasteiger partial charge is 0.481 e. The molecule has 0 aliphatic heterocycles. The lowest BCUT2D eigenvalue weighted by atomic mass is 10.1. The molecule has 0 spiro atoms. The SMILES string of the molecule is CC(C)(C)Nc1ccc(CCNC(=O)N[C@@H](CCC(=O)O)C(=O)O)cc1.CC(CCC(=O)O)NC(=O)C[C@H](N)C(=O)O.CC(CCC(=O)O)NC(=O)[C@@H](N)CC(=O)O.CCCC(CP(=O)(O)CCCN)C(=O)O.CCCC(CP(=O)(O)O)C(=O)O.C[C@H](CCC(=O)O)NC(=O)NCCCCCNC(C)(C)C.C[C@H](CCC(=O)O)NC(=O)NCCN.O=C=O.O=C=O.O=C=O.O=C=O. The summed E-state index contributed by atoms with van der Waals surface area (Å²) in [5.74, 6) is -13.2. The van der Waals surface area contributed by atoms with Crippen LogP contribution >= 0.6 is 15.0 Å². The Balaban J connectivity index is -0.000000163. The minimum atomic E-state index is -4.19. The summed E-state index contributed by atoms with van der Waals surface area (Å²) in [6, 6.07) is 2.18. The third-order valence-electron chi connectivity index (χ3n) is 15.5. The van der Waals surface area contributed by atoms with Crippen LogP contribution in [-0.4, -0.2) is 291 Å². The fourth-order valence-electron chi connectivity index (χ4n) is 9.31. The Kier molecular flexibility index (Phi) is 92.8. The Morgan fingerprint density at radius 3 is 1.11 bits per heavy atom. The van der Waals surface area contributed by atoms with E-state index in [9.17, 15) is 85.9 Å². The number of hydrogen-bond donors (Lipinski definition) is 27. The topological polar surface area (TPSA) is 914 Å². The highest BCUT2D eigenvalue weighted by atomic mass is 31.2. The predicted octanol–water partition coefficient (Wildman–Crippen LogP) is 1.40. The normalized spacial score (nSPS) is 12.5. The van der Waals surface area contributed by atoms with Gasteiger partial charge in [-0.25, -0.2) is 19.2 Å². The molecule has 31 N–H and O–H groups in total. The second-order valence-corrected chi connectivity index (χ2v) is 34.6. The Bertz CT molecular complexity index is 3660. The van der Waals surface area contributed by atoms with E-state index in [0.717, 1.165) is 37.1 Å². The van der Waals surface area contributed by atoms with Crippen LogP contribution in [0.5, 0.6) is 0 Å². The number of rotatable bonds is 52. The summed E-state index contributed by atoms with van der Waals surface area (Å²) in [7, 11) is -7.50. The highest BCUT2D eigenvalue weighted by Gasteiger charge is 2.29. The second-order valence-electron chi connectivity index (χ2n) is 30.4. The van der Waals surface area contributed by atoms with Crippen LogP contribution in [0.3, 0.4) is 0 Å². The van der Waals surface area contributed by atoms with Gasteiger partial charge < -0.3 is 142 Å². The number of carboxylic acids is 10. The fraction of sp³-hybridized carbons (Fsp3) is 0.679. The summed E-state index contributed by atoms with van der Waals surface area (Å²) in [5, 5.41) is 113. The molecule has 54 heteroatoms. The van der Waals surface area contributed by atoms with Gasteiger partial charge in [0.15, 0.2) is 0 Å². The number of unbranched alkanes of at least 4 members (excludes halogenated alkanes) is 2. The van der Waals surface area contributed by atoms with Crippen LogP contribution < -0.4 is 76.1 Å². The highest BCUT2D eigenvalue weighted by Crippen LogP contribution is 2.44.